The first-order valence-electron chi connectivity index (χ1n) is 5.99. The van der Waals surface area contributed by atoms with Gasteiger partial charge >= 0.3 is 0 Å². The van der Waals surface area contributed by atoms with Crippen molar-refractivity contribution in [2.75, 3.05) is 31.6 Å². The Balaban J connectivity index is 2.20. The molecule has 1 aromatic carbocycles. The highest BCUT2D eigenvalue weighted by Gasteiger charge is 2.15. The van der Waals surface area contributed by atoms with Crippen LogP contribution in [0.3, 0.4) is 0 Å². The normalized spacial score (nSPS) is 15.8. The van der Waals surface area contributed by atoms with Crippen LogP contribution in [0.4, 0.5) is 10.1 Å². The van der Waals surface area contributed by atoms with Gasteiger partial charge in [0.2, 0.25) is 0 Å². The van der Waals surface area contributed by atoms with Crippen molar-refractivity contribution >= 4 is 5.69 Å². The van der Waals surface area contributed by atoms with Crippen LogP contribution in [0.15, 0.2) is 18.2 Å². The number of rotatable bonds is 4. The molecule has 16 heavy (non-hydrogen) atoms. The van der Waals surface area contributed by atoms with Crippen molar-refractivity contribution in [2.24, 2.45) is 0 Å². The van der Waals surface area contributed by atoms with Crippen LogP contribution in [-0.4, -0.2) is 26.7 Å². The van der Waals surface area contributed by atoms with Crippen LogP contribution in [-0.2, 0) is 6.42 Å². The Hall–Kier alpha value is -1.09. The number of nitrogens with zero attached hydrogens (tertiary/aromatic N) is 1. The summed E-state index contributed by atoms with van der Waals surface area (Å²) in [6.07, 6.45) is 3.39. The molecule has 1 heterocycles. The zero-order chi connectivity index (χ0) is 11.4. The molecule has 0 radical (unpaired) electrons. The molecule has 2 nitrogen and oxygen atoms in total. The monoisotopic (exact) mass is 222 g/mol. The number of hydrogen-bond acceptors (Lipinski definition) is 2. The van der Waals surface area contributed by atoms with E-state index in [4.69, 9.17) is 0 Å². The van der Waals surface area contributed by atoms with Gasteiger partial charge in [-0.3, -0.25) is 0 Å². The summed E-state index contributed by atoms with van der Waals surface area (Å²) in [6, 6.07) is 5.16. The van der Waals surface area contributed by atoms with Crippen LogP contribution in [0.25, 0.3) is 0 Å². The van der Waals surface area contributed by atoms with E-state index in [1.165, 1.54) is 18.5 Å². The Morgan fingerprint density at radius 3 is 2.75 bits per heavy atom. The molecule has 1 aliphatic rings. The largest absolute Gasteiger partial charge is 0.371 e. The number of halogens is 1. The molecule has 1 saturated heterocycles. The van der Waals surface area contributed by atoms with Crippen LogP contribution in [0, 0.1) is 5.82 Å². The molecule has 0 unspecified atom stereocenters. The summed E-state index contributed by atoms with van der Waals surface area (Å²) in [6.45, 7) is 3.11. The average Bonchev–Trinajstić information content (AvgIpc) is 2.80. The van der Waals surface area contributed by atoms with Crippen LogP contribution >= 0.6 is 0 Å². The number of anilines is 1. The lowest BCUT2D eigenvalue weighted by Crippen LogP contribution is -2.20. The zero-order valence-electron chi connectivity index (χ0n) is 9.80. The summed E-state index contributed by atoms with van der Waals surface area (Å²) in [4.78, 5) is 2.37. The average molecular weight is 222 g/mol. The SMILES string of the molecule is CNCCc1cc(F)ccc1N1CCCC1. The molecular weight excluding hydrogens is 203 g/mol. The predicted molar refractivity (Wildman–Crippen MR) is 65.5 cm³/mol. The fourth-order valence-electron chi connectivity index (χ4n) is 2.28. The highest BCUT2D eigenvalue weighted by Crippen LogP contribution is 2.25. The van der Waals surface area contributed by atoms with Crippen LogP contribution < -0.4 is 10.2 Å². The molecule has 3 heteroatoms. The van der Waals surface area contributed by atoms with Crippen molar-refractivity contribution in [1.82, 2.24) is 5.32 Å². The number of likely N-dealkylation sites (N-methyl/N-ethyl adjacent to an activating group) is 1. The summed E-state index contributed by atoms with van der Waals surface area (Å²) in [5.41, 5.74) is 2.34. The standard InChI is InChI=1S/C13H19FN2/c1-15-7-6-11-10-12(14)4-5-13(11)16-8-2-3-9-16/h4-5,10,15H,2-3,6-9H2,1H3. The van der Waals surface area contributed by atoms with E-state index in [9.17, 15) is 4.39 Å². The van der Waals surface area contributed by atoms with Gasteiger partial charge in [-0.2, -0.15) is 0 Å². The first-order valence-corrected chi connectivity index (χ1v) is 5.99. The molecule has 1 aromatic rings. The molecule has 0 aliphatic carbocycles. The topological polar surface area (TPSA) is 15.3 Å². The first-order chi connectivity index (χ1) is 7.81. The van der Waals surface area contributed by atoms with E-state index < -0.39 is 0 Å². The second-order valence-electron chi connectivity index (χ2n) is 4.32. The van der Waals surface area contributed by atoms with Crippen molar-refractivity contribution in [2.45, 2.75) is 19.3 Å². The van der Waals surface area contributed by atoms with Gasteiger partial charge < -0.3 is 10.2 Å². The quantitative estimate of drug-likeness (QED) is 0.840. The maximum absolute atomic E-state index is 13.2. The maximum Gasteiger partial charge on any atom is 0.123 e. The predicted octanol–water partition coefficient (Wildman–Crippen LogP) is 2.19. The third kappa shape index (κ3) is 2.53. The van der Waals surface area contributed by atoms with E-state index >= 15 is 0 Å². The van der Waals surface area contributed by atoms with E-state index in [-0.39, 0.29) is 5.82 Å². The van der Waals surface area contributed by atoms with Gasteiger partial charge in [-0.1, -0.05) is 0 Å². The molecule has 1 N–H and O–H groups in total. The minimum atomic E-state index is -0.131. The molecule has 88 valence electrons. The molecule has 0 bridgehead atoms. The van der Waals surface area contributed by atoms with Crippen molar-refractivity contribution in [3.05, 3.63) is 29.6 Å². The highest BCUT2D eigenvalue weighted by molar-refractivity contribution is 5.54. The molecule has 0 aromatic heterocycles. The third-order valence-corrected chi connectivity index (χ3v) is 3.13. The van der Waals surface area contributed by atoms with Crippen molar-refractivity contribution in [1.29, 1.82) is 0 Å². The summed E-state index contributed by atoms with van der Waals surface area (Å²) in [5, 5.41) is 3.11. The van der Waals surface area contributed by atoms with Crippen LogP contribution in [0.5, 0.6) is 0 Å². The molecule has 0 amide bonds. The highest BCUT2D eigenvalue weighted by atomic mass is 19.1. The van der Waals surface area contributed by atoms with Gasteiger partial charge in [0.1, 0.15) is 5.82 Å². The van der Waals surface area contributed by atoms with E-state index in [2.05, 4.69) is 10.2 Å². The first kappa shape index (κ1) is 11.4. The molecular formula is C13H19FN2. The van der Waals surface area contributed by atoms with Gasteiger partial charge in [-0.05, 0) is 56.6 Å². The van der Waals surface area contributed by atoms with Crippen molar-refractivity contribution in [3.63, 3.8) is 0 Å². The van der Waals surface area contributed by atoms with Crippen LogP contribution in [0.2, 0.25) is 0 Å². The third-order valence-electron chi connectivity index (χ3n) is 3.13. The van der Waals surface area contributed by atoms with E-state index in [0.717, 1.165) is 31.6 Å². The van der Waals surface area contributed by atoms with Crippen LogP contribution in [0.1, 0.15) is 18.4 Å². The molecule has 1 aliphatic heterocycles. The Morgan fingerprint density at radius 1 is 1.31 bits per heavy atom. The van der Waals surface area contributed by atoms with Crippen molar-refractivity contribution in [3.8, 4) is 0 Å². The Bertz CT molecular complexity index is 346. The number of nitrogens with one attached hydrogen (secondary N) is 1. The lowest BCUT2D eigenvalue weighted by molar-refractivity contribution is 0.624. The molecule has 0 spiro atoms. The molecule has 2 rings (SSSR count). The second kappa shape index (κ2) is 5.30. The summed E-state index contributed by atoms with van der Waals surface area (Å²) in [7, 11) is 1.93. The zero-order valence-corrected chi connectivity index (χ0v) is 9.80. The fourth-order valence-corrected chi connectivity index (χ4v) is 2.28. The number of hydrogen-bond donors (Lipinski definition) is 1. The molecule has 0 atom stereocenters. The van der Waals surface area contributed by atoms with Gasteiger partial charge in [-0.25, -0.2) is 4.39 Å². The maximum atomic E-state index is 13.2. The summed E-state index contributed by atoms with van der Waals surface area (Å²) < 4.78 is 13.2. The lowest BCUT2D eigenvalue weighted by Gasteiger charge is -2.21. The van der Waals surface area contributed by atoms with E-state index in [1.54, 1.807) is 12.1 Å². The summed E-state index contributed by atoms with van der Waals surface area (Å²) >= 11 is 0. The van der Waals surface area contributed by atoms with Gasteiger partial charge in [0.15, 0.2) is 0 Å². The minimum absolute atomic E-state index is 0.131. The van der Waals surface area contributed by atoms with Gasteiger partial charge in [0, 0.05) is 18.8 Å². The van der Waals surface area contributed by atoms with Gasteiger partial charge in [-0.15, -0.1) is 0 Å². The number of benzene rings is 1. The summed E-state index contributed by atoms with van der Waals surface area (Å²) in [5.74, 6) is -0.131. The smallest absolute Gasteiger partial charge is 0.123 e. The molecule has 1 fully saturated rings. The second-order valence-corrected chi connectivity index (χ2v) is 4.32. The fraction of sp³-hybridized carbons (Fsp3) is 0.538. The Kier molecular flexibility index (Phi) is 3.78. The van der Waals surface area contributed by atoms with E-state index in [1.807, 2.05) is 13.1 Å². The lowest BCUT2D eigenvalue weighted by atomic mass is 10.1. The minimum Gasteiger partial charge on any atom is -0.371 e. The molecule has 0 saturated carbocycles. The van der Waals surface area contributed by atoms with Gasteiger partial charge in [0.05, 0.1) is 0 Å². The van der Waals surface area contributed by atoms with Gasteiger partial charge in [0.25, 0.3) is 0 Å². The van der Waals surface area contributed by atoms with E-state index in [0.29, 0.717) is 0 Å². The Morgan fingerprint density at radius 2 is 2.06 bits per heavy atom. The van der Waals surface area contributed by atoms with Crippen molar-refractivity contribution < 1.29 is 4.39 Å². The Labute approximate surface area is 96.5 Å².